The van der Waals surface area contributed by atoms with E-state index in [-0.39, 0.29) is 5.41 Å². The second-order valence-corrected chi connectivity index (χ2v) is 4.95. The minimum Gasteiger partial charge on any atom is -0.0995 e. The molecule has 0 spiro atoms. The molecule has 0 aromatic carbocycles. The van der Waals surface area contributed by atoms with Crippen LogP contribution in [0.1, 0.15) is 40.5 Å². The molecule has 0 amide bonds. The first kappa shape index (κ1) is 11.3. The van der Waals surface area contributed by atoms with E-state index in [4.69, 9.17) is 0 Å². The molecule has 0 aromatic rings. The van der Waals surface area contributed by atoms with Crippen molar-refractivity contribution < 1.29 is 0 Å². The summed E-state index contributed by atoms with van der Waals surface area (Å²) in [7, 11) is 0. The average Bonchev–Trinajstić information content (AvgIpc) is 2.79. The zero-order valence-corrected chi connectivity index (χ0v) is 9.93. The second kappa shape index (κ2) is 4.16. The lowest BCUT2D eigenvalue weighted by atomic mass is 9.91. The van der Waals surface area contributed by atoms with Gasteiger partial charge in [0.05, 0.1) is 0 Å². The summed E-state index contributed by atoms with van der Waals surface area (Å²) in [5, 5.41) is 0. The topological polar surface area (TPSA) is 0 Å². The van der Waals surface area contributed by atoms with Crippen LogP contribution in [0.5, 0.6) is 0 Å². The highest BCUT2D eigenvalue weighted by atomic mass is 14.4. The summed E-state index contributed by atoms with van der Waals surface area (Å²) in [6, 6.07) is 0. The van der Waals surface area contributed by atoms with Crippen LogP contribution in [0.3, 0.4) is 0 Å². The van der Waals surface area contributed by atoms with Crippen molar-refractivity contribution in [2.75, 3.05) is 0 Å². The molecule has 1 fully saturated rings. The Morgan fingerprint density at radius 1 is 1.57 bits per heavy atom. The van der Waals surface area contributed by atoms with Gasteiger partial charge in [0.25, 0.3) is 0 Å². The Labute approximate surface area is 88.4 Å². The van der Waals surface area contributed by atoms with E-state index in [1.165, 1.54) is 12.0 Å². The third kappa shape index (κ3) is 3.17. The van der Waals surface area contributed by atoms with Crippen LogP contribution in [0.15, 0.2) is 36.0 Å². The normalized spacial score (nSPS) is 24.6. The van der Waals surface area contributed by atoms with Crippen molar-refractivity contribution in [3.63, 3.8) is 0 Å². The minimum absolute atomic E-state index is 0.218. The Morgan fingerprint density at radius 2 is 2.21 bits per heavy atom. The predicted octanol–water partition coefficient (Wildman–Crippen LogP) is 4.50. The fourth-order valence-corrected chi connectivity index (χ4v) is 1.77. The van der Waals surface area contributed by atoms with E-state index in [1.54, 1.807) is 5.57 Å². The molecule has 0 N–H and O–H groups in total. The average molecular weight is 190 g/mol. The lowest BCUT2D eigenvalue weighted by Gasteiger charge is -2.14. The number of allylic oxidation sites excluding steroid dienone is 5. The SMILES string of the molecule is C=C(C)C1CC1=CC(C)(C)C=CCC. The lowest BCUT2D eigenvalue weighted by Crippen LogP contribution is -2.02. The maximum Gasteiger partial charge on any atom is 0.00395 e. The highest BCUT2D eigenvalue weighted by Gasteiger charge is 2.31. The van der Waals surface area contributed by atoms with Gasteiger partial charge in [-0.25, -0.2) is 0 Å². The predicted molar refractivity (Wildman–Crippen MR) is 64.2 cm³/mol. The van der Waals surface area contributed by atoms with E-state index in [0.717, 1.165) is 6.42 Å². The molecule has 1 aliphatic rings. The van der Waals surface area contributed by atoms with Crippen molar-refractivity contribution in [1.29, 1.82) is 0 Å². The third-order valence-corrected chi connectivity index (χ3v) is 2.66. The molecule has 1 aliphatic carbocycles. The first-order chi connectivity index (χ1) is 6.46. The van der Waals surface area contributed by atoms with Crippen LogP contribution in [0.25, 0.3) is 0 Å². The van der Waals surface area contributed by atoms with Gasteiger partial charge in [0.15, 0.2) is 0 Å². The van der Waals surface area contributed by atoms with Crippen LogP contribution < -0.4 is 0 Å². The van der Waals surface area contributed by atoms with Gasteiger partial charge in [0.1, 0.15) is 0 Å². The molecule has 0 radical (unpaired) electrons. The van der Waals surface area contributed by atoms with Crippen LogP contribution in [0, 0.1) is 11.3 Å². The monoisotopic (exact) mass is 190 g/mol. The highest BCUT2D eigenvalue weighted by Crippen LogP contribution is 2.45. The quantitative estimate of drug-likeness (QED) is 0.572. The molecular formula is C14H22. The zero-order valence-electron chi connectivity index (χ0n) is 9.93. The van der Waals surface area contributed by atoms with Gasteiger partial charge in [-0.05, 0) is 19.8 Å². The van der Waals surface area contributed by atoms with Crippen molar-refractivity contribution in [2.24, 2.45) is 11.3 Å². The van der Waals surface area contributed by atoms with Crippen molar-refractivity contribution in [3.8, 4) is 0 Å². The first-order valence-electron chi connectivity index (χ1n) is 5.51. The molecule has 1 saturated carbocycles. The van der Waals surface area contributed by atoms with Gasteiger partial charge in [0, 0.05) is 11.3 Å². The van der Waals surface area contributed by atoms with E-state index < -0.39 is 0 Å². The third-order valence-electron chi connectivity index (χ3n) is 2.66. The molecular weight excluding hydrogens is 168 g/mol. The Morgan fingerprint density at radius 3 is 2.64 bits per heavy atom. The molecule has 0 saturated heterocycles. The van der Waals surface area contributed by atoms with Crippen LogP contribution >= 0.6 is 0 Å². The molecule has 0 heteroatoms. The molecule has 1 rings (SSSR count). The van der Waals surface area contributed by atoms with Crippen LogP contribution in [0.2, 0.25) is 0 Å². The van der Waals surface area contributed by atoms with Crippen molar-refractivity contribution in [3.05, 3.63) is 36.0 Å². The summed E-state index contributed by atoms with van der Waals surface area (Å²) in [5.41, 5.74) is 3.10. The maximum atomic E-state index is 4.00. The van der Waals surface area contributed by atoms with E-state index in [1.807, 2.05) is 0 Å². The van der Waals surface area contributed by atoms with E-state index >= 15 is 0 Å². The summed E-state index contributed by atoms with van der Waals surface area (Å²) in [5.74, 6) is 0.685. The smallest absolute Gasteiger partial charge is 0.00395 e. The maximum absolute atomic E-state index is 4.00. The van der Waals surface area contributed by atoms with Crippen LogP contribution in [-0.4, -0.2) is 0 Å². The molecule has 1 unspecified atom stereocenters. The van der Waals surface area contributed by atoms with Gasteiger partial charge >= 0.3 is 0 Å². The van der Waals surface area contributed by atoms with E-state index in [2.05, 4.69) is 52.5 Å². The summed E-state index contributed by atoms with van der Waals surface area (Å²) < 4.78 is 0. The standard InChI is InChI=1S/C14H22/c1-6-7-8-14(4,5)10-12-9-13(12)11(2)3/h7-8,10,13H,2,6,9H2,1,3-5H3. The van der Waals surface area contributed by atoms with Gasteiger partial charge < -0.3 is 0 Å². The molecule has 1 atom stereocenters. The molecule has 14 heavy (non-hydrogen) atoms. The van der Waals surface area contributed by atoms with Crippen molar-refractivity contribution in [1.82, 2.24) is 0 Å². The number of rotatable bonds is 4. The molecule has 0 aromatic heterocycles. The highest BCUT2D eigenvalue weighted by molar-refractivity contribution is 5.35. The Bertz CT molecular complexity index is 276. The Balaban J connectivity index is 2.60. The van der Waals surface area contributed by atoms with Crippen molar-refractivity contribution >= 4 is 0 Å². The minimum atomic E-state index is 0.218. The molecule has 0 aliphatic heterocycles. The summed E-state index contributed by atoms with van der Waals surface area (Å²) in [6.07, 6.45) is 9.30. The van der Waals surface area contributed by atoms with Crippen LogP contribution in [-0.2, 0) is 0 Å². The van der Waals surface area contributed by atoms with Gasteiger partial charge in [-0.1, -0.05) is 56.7 Å². The fourth-order valence-electron chi connectivity index (χ4n) is 1.77. The molecule has 0 bridgehead atoms. The molecule has 0 nitrogen and oxygen atoms in total. The van der Waals surface area contributed by atoms with Crippen LogP contribution in [0.4, 0.5) is 0 Å². The summed E-state index contributed by atoms with van der Waals surface area (Å²) >= 11 is 0. The first-order valence-corrected chi connectivity index (χ1v) is 5.51. The van der Waals surface area contributed by atoms with Crippen molar-refractivity contribution in [2.45, 2.75) is 40.5 Å². The summed E-state index contributed by atoms with van der Waals surface area (Å²) in [6.45, 7) is 12.8. The Kier molecular flexibility index (Phi) is 3.36. The van der Waals surface area contributed by atoms with E-state index in [0.29, 0.717) is 5.92 Å². The second-order valence-electron chi connectivity index (χ2n) is 4.95. The van der Waals surface area contributed by atoms with Gasteiger partial charge in [0.2, 0.25) is 0 Å². The largest absolute Gasteiger partial charge is 0.0995 e. The zero-order chi connectivity index (χ0) is 10.8. The lowest BCUT2D eigenvalue weighted by molar-refractivity contribution is 0.620. The molecule has 78 valence electrons. The van der Waals surface area contributed by atoms with Gasteiger partial charge in [-0.2, -0.15) is 0 Å². The van der Waals surface area contributed by atoms with Gasteiger partial charge in [-0.3, -0.25) is 0 Å². The van der Waals surface area contributed by atoms with Gasteiger partial charge in [-0.15, -0.1) is 0 Å². The number of hydrogen-bond acceptors (Lipinski definition) is 0. The Hall–Kier alpha value is -0.780. The summed E-state index contributed by atoms with van der Waals surface area (Å²) in [4.78, 5) is 0. The van der Waals surface area contributed by atoms with E-state index in [9.17, 15) is 0 Å². The fraction of sp³-hybridized carbons (Fsp3) is 0.571. The number of hydrogen-bond donors (Lipinski definition) is 0. The molecule has 0 heterocycles.